The minimum atomic E-state index is -3.38. The van der Waals surface area contributed by atoms with E-state index in [-0.39, 0.29) is 6.04 Å². The molecule has 2 aliphatic rings. The van der Waals surface area contributed by atoms with Crippen molar-refractivity contribution >= 4 is 10.0 Å². The number of rotatable bonds is 8. The molecule has 0 aromatic carbocycles. The van der Waals surface area contributed by atoms with Crippen LogP contribution >= 0.6 is 0 Å². The first-order valence-electron chi connectivity index (χ1n) is 7.81. The maximum Gasteiger partial charge on any atom is 0.246 e. The predicted octanol–water partition coefficient (Wildman–Crippen LogP) is 1.20. The fraction of sp³-hybridized carbons (Fsp3) is 0.786. The fourth-order valence-corrected chi connectivity index (χ4v) is 3.92. The van der Waals surface area contributed by atoms with E-state index in [1.165, 1.54) is 23.3 Å². The highest BCUT2D eigenvalue weighted by Gasteiger charge is 2.32. The predicted molar refractivity (Wildman–Crippen MR) is 80.5 cm³/mol. The molecule has 0 atom stereocenters. The summed E-state index contributed by atoms with van der Waals surface area (Å²) in [5.41, 5.74) is 0. The van der Waals surface area contributed by atoms with Gasteiger partial charge in [0.15, 0.2) is 0 Å². The van der Waals surface area contributed by atoms with Crippen LogP contribution in [-0.4, -0.2) is 48.2 Å². The van der Waals surface area contributed by atoms with Crippen molar-refractivity contribution in [3.63, 3.8) is 0 Å². The van der Waals surface area contributed by atoms with Crippen molar-refractivity contribution in [1.29, 1.82) is 0 Å². The lowest BCUT2D eigenvalue weighted by Crippen LogP contribution is -2.41. The third-order valence-corrected chi connectivity index (χ3v) is 6.31. The molecule has 6 nitrogen and oxygen atoms in total. The van der Waals surface area contributed by atoms with Crippen LogP contribution in [0.25, 0.3) is 0 Å². The summed E-state index contributed by atoms with van der Waals surface area (Å²) in [6.45, 7) is 1.72. The SMILES string of the molecule is CN(C1CCC1)S(=O)(=O)c1cnn(CCCNC2CC2)c1. The Hall–Kier alpha value is -0.920. The molecule has 2 saturated carbocycles. The van der Waals surface area contributed by atoms with Crippen molar-refractivity contribution in [2.75, 3.05) is 13.6 Å². The topological polar surface area (TPSA) is 67.2 Å². The lowest BCUT2D eigenvalue weighted by Gasteiger charge is -2.33. The molecule has 3 rings (SSSR count). The van der Waals surface area contributed by atoms with Crippen LogP contribution in [0.5, 0.6) is 0 Å². The normalized spacial score (nSPS) is 19.9. The summed E-state index contributed by atoms with van der Waals surface area (Å²) in [6, 6.07) is 0.885. The Labute approximate surface area is 126 Å². The van der Waals surface area contributed by atoms with Gasteiger partial charge in [-0.25, -0.2) is 8.42 Å². The summed E-state index contributed by atoms with van der Waals surface area (Å²) < 4.78 is 28.2. The van der Waals surface area contributed by atoms with Gasteiger partial charge in [0, 0.05) is 31.9 Å². The van der Waals surface area contributed by atoms with E-state index in [0.29, 0.717) is 4.90 Å². The van der Waals surface area contributed by atoms with Gasteiger partial charge in [-0.1, -0.05) is 6.42 Å². The van der Waals surface area contributed by atoms with Crippen LogP contribution in [0.3, 0.4) is 0 Å². The molecule has 7 heteroatoms. The minimum absolute atomic E-state index is 0.168. The van der Waals surface area contributed by atoms with Gasteiger partial charge in [-0.15, -0.1) is 0 Å². The number of nitrogens with one attached hydrogen (secondary N) is 1. The van der Waals surface area contributed by atoms with Crippen LogP contribution in [0.1, 0.15) is 38.5 Å². The molecule has 0 radical (unpaired) electrons. The maximum atomic E-state index is 12.5. The van der Waals surface area contributed by atoms with Crippen LogP contribution < -0.4 is 5.32 Å². The highest BCUT2D eigenvalue weighted by molar-refractivity contribution is 7.89. The second-order valence-corrected chi connectivity index (χ2v) is 8.12. The maximum absolute atomic E-state index is 12.5. The molecule has 1 heterocycles. The highest BCUT2D eigenvalue weighted by atomic mass is 32.2. The standard InChI is InChI=1S/C14H24N4O2S/c1-17(13-4-2-5-13)21(19,20)14-10-16-18(11-14)9-3-8-15-12-6-7-12/h10-13,15H,2-9H2,1H3. The summed E-state index contributed by atoms with van der Waals surface area (Å²) in [6.07, 6.45) is 9.73. The van der Waals surface area contributed by atoms with Crippen LogP contribution in [0.2, 0.25) is 0 Å². The second-order valence-electron chi connectivity index (χ2n) is 6.13. The number of hydrogen-bond donors (Lipinski definition) is 1. The van der Waals surface area contributed by atoms with Gasteiger partial charge in [0.1, 0.15) is 4.90 Å². The second kappa shape index (κ2) is 6.06. The van der Waals surface area contributed by atoms with Gasteiger partial charge >= 0.3 is 0 Å². The number of sulfonamides is 1. The van der Waals surface area contributed by atoms with Gasteiger partial charge in [-0.2, -0.15) is 9.40 Å². The average molecular weight is 312 g/mol. The quantitative estimate of drug-likeness (QED) is 0.733. The monoisotopic (exact) mass is 312 g/mol. The van der Waals surface area contributed by atoms with Crippen molar-refractivity contribution in [3.05, 3.63) is 12.4 Å². The largest absolute Gasteiger partial charge is 0.314 e. The fourth-order valence-electron chi connectivity index (χ4n) is 2.55. The van der Waals surface area contributed by atoms with Gasteiger partial charge in [-0.3, -0.25) is 4.68 Å². The van der Waals surface area contributed by atoms with E-state index < -0.39 is 10.0 Å². The lowest BCUT2D eigenvalue weighted by molar-refractivity contribution is 0.249. The molecule has 1 N–H and O–H groups in total. The summed E-state index contributed by atoms with van der Waals surface area (Å²) >= 11 is 0. The zero-order valence-electron chi connectivity index (χ0n) is 12.5. The molecule has 0 spiro atoms. The van der Waals surface area contributed by atoms with Gasteiger partial charge in [0.25, 0.3) is 0 Å². The van der Waals surface area contributed by atoms with E-state index in [0.717, 1.165) is 44.8 Å². The van der Waals surface area contributed by atoms with Crippen molar-refractivity contribution in [3.8, 4) is 0 Å². The number of hydrogen-bond acceptors (Lipinski definition) is 4. The molecule has 0 bridgehead atoms. The smallest absolute Gasteiger partial charge is 0.246 e. The molecular formula is C14H24N4O2S. The number of nitrogens with zero attached hydrogens (tertiary/aromatic N) is 3. The minimum Gasteiger partial charge on any atom is -0.314 e. The number of aryl methyl sites for hydroxylation is 1. The van der Waals surface area contributed by atoms with E-state index in [4.69, 9.17) is 0 Å². The Kier molecular flexibility index (Phi) is 4.33. The van der Waals surface area contributed by atoms with Crippen LogP contribution in [0.4, 0.5) is 0 Å². The highest BCUT2D eigenvalue weighted by Crippen LogP contribution is 2.28. The zero-order chi connectivity index (χ0) is 14.9. The Bertz CT molecular complexity index is 576. The van der Waals surface area contributed by atoms with Crippen molar-refractivity contribution in [1.82, 2.24) is 19.4 Å². The Balaban J connectivity index is 1.55. The summed E-state index contributed by atoms with van der Waals surface area (Å²) in [7, 11) is -1.70. The molecule has 0 saturated heterocycles. The van der Waals surface area contributed by atoms with Gasteiger partial charge in [-0.05, 0) is 38.6 Å². The van der Waals surface area contributed by atoms with Gasteiger partial charge < -0.3 is 5.32 Å². The molecule has 1 aromatic rings. The number of aromatic nitrogens is 2. The molecule has 0 unspecified atom stereocenters. The van der Waals surface area contributed by atoms with Gasteiger partial charge in [0.2, 0.25) is 10.0 Å². The average Bonchev–Trinajstić information content (AvgIpc) is 3.08. The third-order valence-electron chi connectivity index (χ3n) is 4.45. The van der Waals surface area contributed by atoms with Crippen LogP contribution in [-0.2, 0) is 16.6 Å². The molecule has 118 valence electrons. The van der Waals surface area contributed by atoms with E-state index >= 15 is 0 Å². The molecular weight excluding hydrogens is 288 g/mol. The first kappa shape index (κ1) is 15.0. The Morgan fingerprint density at radius 2 is 2.14 bits per heavy atom. The van der Waals surface area contributed by atoms with E-state index in [1.54, 1.807) is 17.9 Å². The first-order chi connectivity index (χ1) is 10.1. The van der Waals surface area contributed by atoms with Crippen molar-refractivity contribution < 1.29 is 8.42 Å². The van der Waals surface area contributed by atoms with Crippen molar-refractivity contribution in [2.24, 2.45) is 0 Å². The molecule has 0 aliphatic heterocycles. The summed E-state index contributed by atoms with van der Waals surface area (Å²) in [5.74, 6) is 0. The van der Waals surface area contributed by atoms with E-state index in [9.17, 15) is 8.42 Å². The first-order valence-corrected chi connectivity index (χ1v) is 9.25. The third kappa shape index (κ3) is 3.46. The molecule has 2 fully saturated rings. The van der Waals surface area contributed by atoms with E-state index in [1.807, 2.05) is 0 Å². The molecule has 21 heavy (non-hydrogen) atoms. The van der Waals surface area contributed by atoms with Crippen molar-refractivity contribution in [2.45, 2.75) is 62.0 Å². The van der Waals surface area contributed by atoms with E-state index in [2.05, 4.69) is 10.4 Å². The summed E-state index contributed by atoms with van der Waals surface area (Å²) in [4.78, 5) is 0.312. The lowest BCUT2D eigenvalue weighted by atomic mass is 9.94. The van der Waals surface area contributed by atoms with Crippen LogP contribution in [0, 0.1) is 0 Å². The zero-order valence-corrected chi connectivity index (χ0v) is 13.3. The molecule has 0 amide bonds. The Morgan fingerprint density at radius 3 is 2.76 bits per heavy atom. The van der Waals surface area contributed by atoms with Crippen LogP contribution in [0.15, 0.2) is 17.3 Å². The Morgan fingerprint density at radius 1 is 1.38 bits per heavy atom. The summed E-state index contributed by atoms with van der Waals surface area (Å²) in [5, 5.41) is 7.63. The molecule has 1 aromatic heterocycles. The molecule has 2 aliphatic carbocycles. The van der Waals surface area contributed by atoms with Gasteiger partial charge in [0.05, 0.1) is 6.20 Å².